The molecule has 1 aromatic rings. The SMILES string of the molecule is CS(=O)(=O)C1CSCCN1CC(N)Cc1ccccc1. The molecule has 1 fully saturated rings. The molecule has 0 spiro atoms. The lowest BCUT2D eigenvalue weighted by Gasteiger charge is -2.35. The van der Waals surface area contributed by atoms with Crippen molar-refractivity contribution in [3.05, 3.63) is 35.9 Å². The van der Waals surface area contributed by atoms with Crippen LogP contribution in [0.15, 0.2) is 30.3 Å². The van der Waals surface area contributed by atoms with E-state index in [1.807, 2.05) is 23.1 Å². The van der Waals surface area contributed by atoms with E-state index in [2.05, 4.69) is 12.1 Å². The van der Waals surface area contributed by atoms with Crippen LogP contribution in [-0.4, -0.2) is 55.6 Å². The summed E-state index contributed by atoms with van der Waals surface area (Å²) < 4.78 is 23.7. The van der Waals surface area contributed by atoms with Gasteiger partial charge in [-0.15, -0.1) is 0 Å². The summed E-state index contributed by atoms with van der Waals surface area (Å²) in [6.07, 6.45) is 2.10. The molecule has 0 aliphatic carbocycles. The highest BCUT2D eigenvalue weighted by Gasteiger charge is 2.31. The molecule has 1 aromatic carbocycles. The van der Waals surface area contributed by atoms with Crippen LogP contribution in [0, 0.1) is 0 Å². The van der Waals surface area contributed by atoms with Crippen LogP contribution in [0.1, 0.15) is 5.56 Å². The van der Waals surface area contributed by atoms with Gasteiger partial charge in [0.2, 0.25) is 0 Å². The summed E-state index contributed by atoms with van der Waals surface area (Å²) >= 11 is 1.70. The highest BCUT2D eigenvalue weighted by molar-refractivity contribution is 8.00. The first-order valence-corrected chi connectivity index (χ1v) is 9.88. The van der Waals surface area contributed by atoms with Crippen molar-refractivity contribution in [1.82, 2.24) is 4.90 Å². The zero-order valence-corrected chi connectivity index (χ0v) is 13.4. The first-order valence-electron chi connectivity index (χ1n) is 6.77. The molecule has 0 saturated carbocycles. The maximum absolute atomic E-state index is 11.8. The van der Waals surface area contributed by atoms with Crippen LogP contribution in [-0.2, 0) is 16.3 Å². The minimum absolute atomic E-state index is 0.0373. The maximum Gasteiger partial charge on any atom is 0.164 e. The topological polar surface area (TPSA) is 63.4 Å². The summed E-state index contributed by atoms with van der Waals surface area (Å²) in [4.78, 5) is 2.03. The molecule has 2 rings (SSSR count). The van der Waals surface area contributed by atoms with Gasteiger partial charge in [0.15, 0.2) is 9.84 Å². The summed E-state index contributed by atoms with van der Waals surface area (Å²) in [5, 5.41) is -0.386. The lowest BCUT2D eigenvalue weighted by Crippen LogP contribution is -2.51. The normalized spacial score (nSPS) is 22.6. The van der Waals surface area contributed by atoms with Crippen LogP contribution in [0.4, 0.5) is 0 Å². The zero-order chi connectivity index (χ0) is 14.6. The van der Waals surface area contributed by atoms with Gasteiger partial charge >= 0.3 is 0 Å². The number of nitrogens with zero attached hydrogens (tertiary/aromatic N) is 1. The third-order valence-corrected chi connectivity index (χ3v) is 6.18. The fourth-order valence-corrected chi connectivity index (χ4v) is 5.45. The van der Waals surface area contributed by atoms with E-state index in [1.165, 1.54) is 11.8 Å². The fourth-order valence-electron chi connectivity index (χ4n) is 2.50. The van der Waals surface area contributed by atoms with Crippen molar-refractivity contribution in [2.45, 2.75) is 17.8 Å². The molecule has 1 aliphatic heterocycles. The van der Waals surface area contributed by atoms with Crippen LogP contribution in [0.25, 0.3) is 0 Å². The first-order chi connectivity index (χ1) is 9.47. The van der Waals surface area contributed by atoms with Crippen molar-refractivity contribution >= 4 is 21.6 Å². The van der Waals surface area contributed by atoms with E-state index in [0.29, 0.717) is 12.3 Å². The second-order valence-electron chi connectivity index (χ2n) is 5.30. The van der Waals surface area contributed by atoms with Crippen LogP contribution in [0.2, 0.25) is 0 Å². The van der Waals surface area contributed by atoms with Gasteiger partial charge in [0.1, 0.15) is 5.37 Å². The summed E-state index contributed by atoms with van der Waals surface area (Å²) in [6.45, 7) is 1.43. The smallest absolute Gasteiger partial charge is 0.164 e. The van der Waals surface area contributed by atoms with Gasteiger partial charge in [-0.1, -0.05) is 30.3 Å². The van der Waals surface area contributed by atoms with Crippen LogP contribution < -0.4 is 5.73 Å². The molecule has 1 saturated heterocycles. The highest BCUT2D eigenvalue weighted by atomic mass is 32.2. The Kier molecular flexibility index (Phi) is 5.49. The molecule has 2 atom stereocenters. The molecule has 4 nitrogen and oxygen atoms in total. The molecule has 0 amide bonds. The minimum Gasteiger partial charge on any atom is -0.326 e. The third kappa shape index (κ3) is 4.48. The van der Waals surface area contributed by atoms with Crippen molar-refractivity contribution in [1.29, 1.82) is 0 Å². The molecule has 6 heteroatoms. The molecule has 1 aliphatic rings. The van der Waals surface area contributed by atoms with E-state index in [1.54, 1.807) is 11.8 Å². The Labute approximate surface area is 125 Å². The lowest BCUT2D eigenvalue weighted by atomic mass is 10.1. The molecule has 2 unspecified atom stereocenters. The predicted molar refractivity (Wildman–Crippen MR) is 85.7 cm³/mol. The van der Waals surface area contributed by atoms with Gasteiger partial charge in [0.25, 0.3) is 0 Å². The Balaban J connectivity index is 1.96. The number of hydrogen-bond acceptors (Lipinski definition) is 5. The predicted octanol–water partition coefficient (Wildman–Crippen LogP) is 0.976. The van der Waals surface area contributed by atoms with Gasteiger partial charge in [-0.2, -0.15) is 11.8 Å². The fraction of sp³-hybridized carbons (Fsp3) is 0.571. The lowest BCUT2D eigenvalue weighted by molar-refractivity contribution is 0.253. The van der Waals surface area contributed by atoms with Gasteiger partial charge in [0, 0.05) is 36.9 Å². The van der Waals surface area contributed by atoms with E-state index < -0.39 is 9.84 Å². The van der Waals surface area contributed by atoms with E-state index in [4.69, 9.17) is 5.73 Å². The van der Waals surface area contributed by atoms with Crippen molar-refractivity contribution in [3.63, 3.8) is 0 Å². The number of sulfone groups is 1. The van der Waals surface area contributed by atoms with E-state index in [-0.39, 0.29) is 11.4 Å². The Morgan fingerprint density at radius 3 is 2.75 bits per heavy atom. The molecule has 20 heavy (non-hydrogen) atoms. The Morgan fingerprint density at radius 1 is 1.40 bits per heavy atom. The zero-order valence-electron chi connectivity index (χ0n) is 11.7. The Morgan fingerprint density at radius 2 is 2.10 bits per heavy atom. The average molecular weight is 314 g/mol. The van der Waals surface area contributed by atoms with Crippen LogP contribution in [0.3, 0.4) is 0 Å². The molecule has 0 bridgehead atoms. The molecular weight excluding hydrogens is 292 g/mol. The molecule has 1 heterocycles. The Hall–Kier alpha value is -0.560. The first kappa shape index (κ1) is 15.8. The van der Waals surface area contributed by atoms with Crippen LogP contribution >= 0.6 is 11.8 Å². The van der Waals surface area contributed by atoms with Crippen molar-refractivity contribution < 1.29 is 8.42 Å². The number of thioether (sulfide) groups is 1. The summed E-state index contributed by atoms with van der Waals surface area (Å²) in [7, 11) is -3.04. The molecule has 0 radical (unpaired) electrons. The molecule has 0 aromatic heterocycles. The maximum atomic E-state index is 11.8. The number of hydrogen-bond donors (Lipinski definition) is 1. The highest BCUT2D eigenvalue weighted by Crippen LogP contribution is 2.20. The summed E-state index contributed by atoms with van der Waals surface area (Å²) in [6, 6.07) is 10.1. The van der Waals surface area contributed by atoms with Gasteiger partial charge in [-0.25, -0.2) is 8.42 Å². The van der Waals surface area contributed by atoms with E-state index in [9.17, 15) is 8.42 Å². The molecular formula is C14H22N2O2S2. The number of rotatable bonds is 5. The monoisotopic (exact) mass is 314 g/mol. The largest absolute Gasteiger partial charge is 0.326 e. The number of benzene rings is 1. The third-order valence-electron chi connectivity index (χ3n) is 3.49. The van der Waals surface area contributed by atoms with Gasteiger partial charge in [0.05, 0.1) is 0 Å². The van der Waals surface area contributed by atoms with E-state index >= 15 is 0 Å². The van der Waals surface area contributed by atoms with Crippen molar-refractivity contribution in [3.8, 4) is 0 Å². The summed E-state index contributed by atoms with van der Waals surface area (Å²) in [5.74, 6) is 1.63. The van der Waals surface area contributed by atoms with Gasteiger partial charge in [-0.3, -0.25) is 4.90 Å². The molecule has 2 N–H and O–H groups in total. The second-order valence-corrected chi connectivity index (χ2v) is 8.66. The standard InChI is InChI=1S/C14H22N2O2S2/c1-20(17,18)14-11-19-8-7-16(14)10-13(15)9-12-5-3-2-4-6-12/h2-6,13-14H,7-11,15H2,1H3. The van der Waals surface area contributed by atoms with Crippen molar-refractivity contribution in [2.24, 2.45) is 5.73 Å². The van der Waals surface area contributed by atoms with Crippen molar-refractivity contribution in [2.75, 3.05) is 30.9 Å². The van der Waals surface area contributed by atoms with Crippen LogP contribution in [0.5, 0.6) is 0 Å². The average Bonchev–Trinajstić information content (AvgIpc) is 2.39. The summed E-state index contributed by atoms with van der Waals surface area (Å²) in [5.41, 5.74) is 7.40. The van der Waals surface area contributed by atoms with Gasteiger partial charge < -0.3 is 5.73 Å². The van der Waals surface area contributed by atoms with Gasteiger partial charge in [-0.05, 0) is 12.0 Å². The minimum atomic E-state index is -3.04. The molecule has 112 valence electrons. The quantitative estimate of drug-likeness (QED) is 0.877. The van der Waals surface area contributed by atoms with E-state index in [0.717, 1.165) is 18.7 Å². The second kappa shape index (κ2) is 6.93. The number of nitrogens with two attached hydrogens (primary N) is 1. The Bertz CT molecular complexity index is 519.